The molecule has 9 heteroatoms. The Morgan fingerprint density at radius 1 is 1.44 bits per heavy atom. The molecule has 0 bridgehead atoms. The fraction of sp³-hybridized carbons (Fsp3) is 0.889. The fourth-order valence-corrected chi connectivity index (χ4v) is 1.03. The highest BCUT2D eigenvalue weighted by atomic mass is 16.7. The number of aliphatic hydroxyl groups is 6. The molecule has 1 heterocycles. The van der Waals surface area contributed by atoms with Gasteiger partial charge in [0.05, 0.1) is 13.2 Å². The molecule has 0 aromatic rings. The predicted molar refractivity (Wildman–Crippen MR) is 55.3 cm³/mol. The maximum absolute atomic E-state index is 9.45. The second kappa shape index (κ2) is 6.95. The van der Waals surface area contributed by atoms with Crippen molar-refractivity contribution in [3.05, 3.63) is 0 Å². The van der Waals surface area contributed by atoms with Gasteiger partial charge in [0.15, 0.2) is 0 Å². The third-order valence-corrected chi connectivity index (χ3v) is 2.27. The molecule has 1 aliphatic rings. The van der Waals surface area contributed by atoms with Crippen LogP contribution in [0, 0.1) is 0 Å². The lowest BCUT2D eigenvalue weighted by atomic mass is 9.98. The van der Waals surface area contributed by atoms with E-state index in [2.05, 4.69) is 4.74 Å². The zero-order valence-corrected chi connectivity index (χ0v) is 9.67. The standard InChI is InChI=1S/C6H12O6.C3H6O3/c7-2-6(11)5(10)4(9)3(8)1-12-6;1-2(4)3(5)6/h3-5,7-11H,1-2H2;2,4H,1H3,(H,5,6)/t3-,4-,5+,6+;/m1./s1. The Labute approximate surface area is 102 Å². The average molecular weight is 270 g/mol. The fourth-order valence-electron chi connectivity index (χ4n) is 1.03. The van der Waals surface area contributed by atoms with E-state index in [-0.39, 0.29) is 6.61 Å². The molecule has 5 atom stereocenters. The van der Waals surface area contributed by atoms with Crippen molar-refractivity contribution in [3.8, 4) is 0 Å². The van der Waals surface area contributed by atoms with Crippen molar-refractivity contribution in [2.24, 2.45) is 0 Å². The molecule has 1 aliphatic heterocycles. The Morgan fingerprint density at radius 2 is 1.89 bits per heavy atom. The number of aliphatic carboxylic acids is 1. The van der Waals surface area contributed by atoms with E-state index in [1.165, 1.54) is 6.92 Å². The lowest BCUT2D eigenvalue weighted by Crippen LogP contribution is -2.62. The van der Waals surface area contributed by atoms with Crippen LogP contribution in [0.4, 0.5) is 0 Å². The number of aliphatic hydroxyl groups excluding tert-OH is 5. The van der Waals surface area contributed by atoms with Crippen molar-refractivity contribution < 1.29 is 45.3 Å². The molecule has 1 fully saturated rings. The highest BCUT2D eigenvalue weighted by molar-refractivity contribution is 5.71. The van der Waals surface area contributed by atoms with E-state index in [1.807, 2.05) is 0 Å². The van der Waals surface area contributed by atoms with Crippen molar-refractivity contribution in [2.75, 3.05) is 13.2 Å². The molecule has 0 amide bonds. The molecule has 108 valence electrons. The summed E-state index contributed by atoms with van der Waals surface area (Å²) in [6, 6.07) is 0. The van der Waals surface area contributed by atoms with E-state index in [9.17, 15) is 9.90 Å². The van der Waals surface area contributed by atoms with E-state index in [1.54, 1.807) is 0 Å². The minimum absolute atomic E-state index is 0.324. The second-order valence-corrected chi connectivity index (χ2v) is 3.83. The molecule has 9 nitrogen and oxygen atoms in total. The number of carbonyl (C=O) groups is 1. The molecular weight excluding hydrogens is 252 g/mol. The SMILES string of the molecule is CC(O)C(=O)O.OC[C@]1(O)OC[C@@H](O)[C@@H](O)[C@@H]1O. The number of hydrogen-bond acceptors (Lipinski definition) is 8. The van der Waals surface area contributed by atoms with Crippen LogP contribution in [0.5, 0.6) is 0 Å². The molecule has 1 unspecified atom stereocenters. The van der Waals surface area contributed by atoms with Gasteiger partial charge in [-0.1, -0.05) is 0 Å². The summed E-state index contributed by atoms with van der Waals surface area (Å²) in [5.41, 5.74) is 0. The smallest absolute Gasteiger partial charge is 0.332 e. The Bertz CT molecular complexity index is 269. The minimum Gasteiger partial charge on any atom is -0.479 e. The topological polar surface area (TPSA) is 168 Å². The molecule has 1 rings (SSSR count). The van der Waals surface area contributed by atoms with E-state index >= 15 is 0 Å². The number of hydrogen-bond donors (Lipinski definition) is 7. The summed E-state index contributed by atoms with van der Waals surface area (Å²) in [7, 11) is 0. The van der Waals surface area contributed by atoms with Crippen molar-refractivity contribution in [1.82, 2.24) is 0 Å². The first-order valence-electron chi connectivity index (χ1n) is 5.08. The van der Waals surface area contributed by atoms with Crippen LogP contribution < -0.4 is 0 Å². The summed E-state index contributed by atoms with van der Waals surface area (Å²) in [4.78, 5) is 9.45. The van der Waals surface area contributed by atoms with Gasteiger partial charge in [0.1, 0.15) is 24.4 Å². The van der Waals surface area contributed by atoms with Gasteiger partial charge in [0, 0.05) is 0 Å². The first-order chi connectivity index (χ1) is 8.15. The van der Waals surface area contributed by atoms with E-state index in [0.29, 0.717) is 0 Å². The Hall–Kier alpha value is -0.810. The van der Waals surface area contributed by atoms with Gasteiger partial charge in [-0.05, 0) is 6.92 Å². The highest BCUT2D eigenvalue weighted by Gasteiger charge is 2.47. The van der Waals surface area contributed by atoms with Gasteiger partial charge >= 0.3 is 5.97 Å². The highest BCUT2D eigenvalue weighted by Crippen LogP contribution is 2.22. The zero-order valence-electron chi connectivity index (χ0n) is 9.67. The molecule has 0 saturated carbocycles. The Morgan fingerprint density at radius 3 is 2.22 bits per heavy atom. The van der Waals surface area contributed by atoms with Crippen LogP contribution in [-0.2, 0) is 9.53 Å². The van der Waals surface area contributed by atoms with Gasteiger partial charge < -0.3 is 40.5 Å². The number of rotatable bonds is 2. The maximum atomic E-state index is 9.45. The van der Waals surface area contributed by atoms with Gasteiger partial charge in [-0.2, -0.15) is 0 Å². The largest absolute Gasteiger partial charge is 0.479 e. The summed E-state index contributed by atoms with van der Waals surface area (Å²) in [6.45, 7) is 0.0373. The van der Waals surface area contributed by atoms with Crippen molar-refractivity contribution in [2.45, 2.75) is 37.1 Å². The number of carboxylic acids is 1. The normalized spacial score (nSPS) is 37.4. The summed E-state index contributed by atoms with van der Waals surface area (Å²) >= 11 is 0. The minimum atomic E-state index is -2.17. The van der Waals surface area contributed by atoms with E-state index < -0.39 is 42.8 Å². The predicted octanol–water partition coefficient (Wildman–Crippen LogP) is -3.77. The Balaban J connectivity index is 0.000000411. The van der Waals surface area contributed by atoms with Gasteiger partial charge in [-0.15, -0.1) is 0 Å². The van der Waals surface area contributed by atoms with Crippen LogP contribution in [-0.4, -0.2) is 85.1 Å². The van der Waals surface area contributed by atoms with Crippen LogP contribution >= 0.6 is 0 Å². The van der Waals surface area contributed by atoms with E-state index in [4.69, 9.17) is 30.6 Å². The van der Waals surface area contributed by atoms with Crippen molar-refractivity contribution >= 4 is 5.97 Å². The number of carboxylic acid groups (broad SMARTS) is 1. The van der Waals surface area contributed by atoms with E-state index in [0.717, 1.165) is 0 Å². The summed E-state index contributed by atoms with van der Waals surface area (Å²) < 4.78 is 4.56. The molecule has 0 radical (unpaired) electrons. The molecule has 0 spiro atoms. The number of ether oxygens (including phenoxy) is 1. The van der Waals surface area contributed by atoms with Crippen LogP contribution in [0.15, 0.2) is 0 Å². The lowest BCUT2D eigenvalue weighted by Gasteiger charge is -2.40. The molecular formula is C9H18O9. The van der Waals surface area contributed by atoms with Gasteiger partial charge in [0.2, 0.25) is 5.79 Å². The van der Waals surface area contributed by atoms with Crippen LogP contribution in [0.25, 0.3) is 0 Å². The third-order valence-electron chi connectivity index (χ3n) is 2.27. The van der Waals surface area contributed by atoms with Gasteiger partial charge in [-0.25, -0.2) is 4.79 Å². The van der Waals surface area contributed by atoms with Crippen LogP contribution in [0.1, 0.15) is 6.92 Å². The first kappa shape index (κ1) is 17.2. The summed E-state index contributed by atoms with van der Waals surface area (Å²) in [5.74, 6) is -3.35. The molecule has 1 saturated heterocycles. The summed E-state index contributed by atoms with van der Waals surface area (Å²) in [6.07, 6.45) is -5.68. The molecule has 0 aromatic heterocycles. The molecule has 0 aromatic carbocycles. The van der Waals surface area contributed by atoms with Crippen molar-refractivity contribution in [1.29, 1.82) is 0 Å². The quantitative estimate of drug-likeness (QED) is 0.266. The van der Waals surface area contributed by atoms with Crippen LogP contribution in [0.3, 0.4) is 0 Å². The second-order valence-electron chi connectivity index (χ2n) is 3.83. The van der Waals surface area contributed by atoms with Crippen LogP contribution in [0.2, 0.25) is 0 Å². The summed E-state index contributed by atoms with van der Waals surface area (Å²) in [5, 5.41) is 60.7. The molecule has 7 N–H and O–H groups in total. The zero-order chi connectivity index (χ0) is 14.5. The van der Waals surface area contributed by atoms with Gasteiger partial charge in [-0.3, -0.25) is 0 Å². The maximum Gasteiger partial charge on any atom is 0.332 e. The van der Waals surface area contributed by atoms with Gasteiger partial charge in [0.25, 0.3) is 0 Å². The third kappa shape index (κ3) is 4.46. The monoisotopic (exact) mass is 270 g/mol. The first-order valence-corrected chi connectivity index (χ1v) is 5.08. The average Bonchev–Trinajstić information content (AvgIpc) is 2.32. The Kier molecular flexibility index (Phi) is 6.63. The van der Waals surface area contributed by atoms with Crippen molar-refractivity contribution in [3.63, 3.8) is 0 Å². The molecule has 18 heavy (non-hydrogen) atoms. The lowest BCUT2D eigenvalue weighted by molar-refractivity contribution is -0.331. The molecule has 0 aliphatic carbocycles.